The second-order valence-electron chi connectivity index (χ2n) is 3.39. The van der Waals surface area contributed by atoms with Gasteiger partial charge in [-0.05, 0) is 0 Å². The molecule has 2 rings (SSSR count). The van der Waals surface area contributed by atoms with Crippen LogP contribution < -0.4 is 24.8 Å². The molecule has 2 aliphatic rings. The first-order valence-electron chi connectivity index (χ1n) is 5.03. The molecule has 94 valence electrons. The predicted octanol–water partition coefficient (Wildman–Crippen LogP) is -3.13. The van der Waals surface area contributed by atoms with E-state index in [1.807, 2.05) is 39.0 Å². The predicted molar refractivity (Wildman–Crippen MR) is 65.5 cm³/mol. The van der Waals surface area contributed by atoms with Crippen LogP contribution in [0.5, 0.6) is 0 Å². The molecule has 4 heteroatoms. The zero-order valence-corrected chi connectivity index (χ0v) is 15.1. The van der Waals surface area contributed by atoms with Crippen LogP contribution in [0.3, 0.4) is 0 Å². The summed E-state index contributed by atoms with van der Waals surface area (Å²) in [4.78, 5) is 0. The van der Waals surface area contributed by atoms with Crippen LogP contribution in [-0.2, 0) is 19.2 Å². The van der Waals surface area contributed by atoms with Crippen LogP contribution >= 0.6 is 0 Å². The van der Waals surface area contributed by atoms with E-state index in [9.17, 15) is 0 Å². The fourth-order valence-corrected chi connectivity index (χ4v) is 1.19. The minimum atomic E-state index is 0. The Bertz CT molecular complexity index is 302. The molecule has 0 nitrogen and oxygen atoms in total. The average molecular weight is 321 g/mol. The first kappa shape index (κ1) is 22.6. The van der Waals surface area contributed by atoms with E-state index in [1.54, 1.807) is 0 Å². The van der Waals surface area contributed by atoms with Gasteiger partial charge >= 0.3 is 26.8 Å². The van der Waals surface area contributed by atoms with Crippen molar-refractivity contribution in [2.45, 2.75) is 33.6 Å². The third-order valence-corrected chi connectivity index (χ3v) is 2.41. The van der Waals surface area contributed by atoms with Crippen molar-refractivity contribution < 1.29 is 44.0 Å². The maximum absolute atomic E-state index is 3.26. The van der Waals surface area contributed by atoms with Gasteiger partial charge in [-0.2, -0.15) is 17.2 Å². The summed E-state index contributed by atoms with van der Waals surface area (Å²) in [7, 11) is 1.86. The van der Waals surface area contributed by atoms with Crippen molar-refractivity contribution in [1.29, 1.82) is 0 Å². The van der Waals surface area contributed by atoms with Crippen molar-refractivity contribution in [2.24, 2.45) is 0 Å². The van der Waals surface area contributed by atoms with E-state index in [0.29, 0.717) is 0 Å². The van der Waals surface area contributed by atoms with Crippen molar-refractivity contribution >= 4 is 7.63 Å². The summed E-state index contributed by atoms with van der Waals surface area (Å²) in [6.45, 7) is 6.44. The molecule has 0 aromatic heterocycles. The summed E-state index contributed by atoms with van der Waals surface area (Å²) in [5.74, 6) is 0. The summed E-state index contributed by atoms with van der Waals surface area (Å²) in [5, 5.41) is 0. The molecule has 0 spiro atoms. The summed E-state index contributed by atoms with van der Waals surface area (Å²) in [6.07, 6.45) is 14.3. The average Bonchev–Trinajstić information content (AvgIpc) is 2.92. The van der Waals surface area contributed by atoms with Gasteiger partial charge in [-0.25, -0.2) is 17.7 Å². The van der Waals surface area contributed by atoms with Gasteiger partial charge in [-0.1, -0.05) is 13.8 Å². The normalized spacial score (nSPS) is 14.8. The Morgan fingerprint density at radius 3 is 1.88 bits per heavy atom. The summed E-state index contributed by atoms with van der Waals surface area (Å²) in [5.41, 5.74) is 4.25. The van der Waals surface area contributed by atoms with E-state index in [4.69, 9.17) is 0 Å². The molecule has 2 aliphatic carbocycles. The molecule has 0 heterocycles. The zero-order chi connectivity index (χ0) is 11.7. The van der Waals surface area contributed by atoms with Crippen molar-refractivity contribution in [3.8, 4) is 0 Å². The molecule has 0 aromatic rings. The molecule has 0 fully saturated rings. The van der Waals surface area contributed by atoms with Crippen LogP contribution in [0.25, 0.3) is 0 Å². The molecule has 0 saturated heterocycles. The third-order valence-electron chi connectivity index (χ3n) is 2.41. The second kappa shape index (κ2) is 14.5. The number of hydrogen-bond donors (Lipinski definition) is 0. The van der Waals surface area contributed by atoms with E-state index in [0.717, 1.165) is 12.8 Å². The number of halogens is 2. The van der Waals surface area contributed by atoms with E-state index in [2.05, 4.69) is 39.0 Å². The number of rotatable bonds is 0. The summed E-state index contributed by atoms with van der Waals surface area (Å²) in [6, 6.07) is 0. The van der Waals surface area contributed by atoms with Gasteiger partial charge in [0.25, 0.3) is 0 Å². The van der Waals surface area contributed by atoms with E-state index in [-0.39, 0.29) is 24.8 Å². The van der Waals surface area contributed by atoms with Gasteiger partial charge in [0.05, 0.1) is 0 Å². The molecule has 0 unspecified atom stereocenters. The van der Waals surface area contributed by atoms with Crippen LogP contribution in [0.1, 0.15) is 33.6 Å². The number of allylic oxidation sites excluding steroid dienone is 8. The Labute approximate surface area is 132 Å². The first-order valence-corrected chi connectivity index (χ1v) is 9.05. The van der Waals surface area contributed by atoms with Gasteiger partial charge in [0, 0.05) is 0 Å². The van der Waals surface area contributed by atoms with Gasteiger partial charge in [0.15, 0.2) is 0 Å². The van der Waals surface area contributed by atoms with Gasteiger partial charge in [0.2, 0.25) is 0 Å². The molecule has 0 aliphatic heterocycles. The molecule has 0 saturated carbocycles. The Morgan fingerprint density at radius 1 is 1.18 bits per heavy atom. The van der Waals surface area contributed by atoms with E-state index < -0.39 is 0 Å². The van der Waals surface area contributed by atoms with Gasteiger partial charge in [-0.15, -0.1) is 19.8 Å². The standard InChI is InChI=1S/C8H11.C5H5.2ClH.H2Si.Ti/c1-6-4-5-7(2)8(6)3;1-2-4-5-3-1;;;;/h4H2,1-3H3;1-3H,4H2;2*1H;1H2;/q2*-1;;;;+2/p-2. The van der Waals surface area contributed by atoms with Crippen LogP contribution in [0.15, 0.2) is 34.9 Å². The van der Waals surface area contributed by atoms with Gasteiger partial charge in [0.1, 0.15) is 0 Å². The van der Waals surface area contributed by atoms with Crippen LogP contribution in [0.4, 0.5) is 0 Å². The molecule has 0 radical (unpaired) electrons. The molecule has 0 aromatic carbocycles. The quantitative estimate of drug-likeness (QED) is 0.327. The molecular weight excluding hydrogens is 303 g/mol. The second-order valence-corrected chi connectivity index (χ2v) is 3.39. The molecular formula is C13H18Cl2SiTi-2. The zero-order valence-electron chi connectivity index (χ0n) is 10.6. The van der Waals surface area contributed by atoms with E-state index >= 15 is 0 Å². The fourth-order valence-electron chi connectivity index (χ4n) is 1.19. The molecule has 0 bridgehead atoms. The van der Waals surface area contributed by atoms with Gasteiger partial charge < -0.3 is 24.8 Å². The van der Waals surface area contributed by atoms with E-state index in [1.165, 1.54) is 16.7 Å². The molecule has 0 amide bonds. The Hall–Kier alpha value is 0.471. The van der Waals surface area contributed by atoms with Crippen molar-refractivity contribution in [2.75, 3.05) is 0 Å². The summed E-state index contributed by atoms with van der Waals surface area (Å²) < 4.78 is 0. The Balaban J connectivity index is -0.000000192. The first-order chi connectivity index (χ1) is 7.22. The fraction of sp³-hybridized carbons (Fsp3) is 0.385. The van der Waals surface area contributed by atoms with Crippen LogP contribution in [0, 0.1) is 12.2 Å². The Kier molecular flexibility index (Phi) is 19.3. The maximum atomic E-state index is 3.26. The molecule has 0 N–H and O–H groups in total. The Morgan fingerprint density at radius 2 is 1.76 bits per heavy atom. The van der Waals surface area contributed by atoms with Crippen molar-refractivity contribution in [1.82, 2.24) is 0 Å². The summed E-state index contributed by atoms with van der Waals surface area (Å²) >= 11 is 2.03. The molecule has 0 atom stereocenters. The van der Waals surface area contributed by atoms with Gasteiger partial charge in [-0.3, -0.25) is 12.2 Å². The SMILES string of the molecule is CC1=[C-]CC(C)=C1C.[C-]1=CC=CC1.[Cl-].[Cl-].[SiH2]=[Ti+2]. The van der Waals surface area contributed by atoms with Crippen molar-refractivity contribution in [3.05, 3.63) is 47.1 Å². The van der Waals surface area contributed by atoms with Crippen LogP contribution in [-0.4, -0.2) is 7.63 Å². The topological polar surface area (TPSA) is 0 Å². The number of hydrogen-bond acceptors (Lipinski definition) is 0. The minimum absolute atomic E-state index is 0. The van der Waals surface area contributed by atoms with Crippen LogP contribution in [0.2, 0.25) is 0 Å². The third kappa shape index (κ3) is 10.1. The monoisotopic (exact) mass is 320 g/mol. The molecule has 17 heavy (non-hydrogen) atoms. The van der Waals surface area contributed by atoms with Crippen molar-refractivity contribution in [3.63, 3.8) is 0 Å².